The Balaban J connectivity index is 1.63. The van der Waals surface area contributed by atoms with Crippen LogP contribution in [0, 0.1) is 5.82 Å². The van der Waals surface area contributed by atoms with E-state index >= 15 is 0 Å². The first-order chi connectivity index (χ1) is 14.4. The van der Waals surface area contributed by atoms with E-state index in [1.165, 1.54) is 17.7 Å². The molecule has 4 rings (SSSR count). The van der Waals surface area contributed by atoms with Crippen molar-refractivity contribution in [3.05, 3.63) is 71.0 Å². The van der Waals surface area contributed by atoms with Crippen LogP contribution in [0.15, 0.2) is 48.5 Å². The molecule has 2 aromatic rings. The van der Waals surface area contributed by atoms with E-state index in [0.717, 1.165) is 17.5 Å². The second kappa shape index (κ2) is 8.46. The van der Waals surface area contributed by atoms with Crippen LogP contribution in [-0.2, 0) is 20.7 Å². The van der Waals surface area contributed by atoms with Gasteiger partial charge in [-0.05, 0) is 49.1 Å². The Kier molecular flexibility index (Phi) is 5.91. The van der Waals surface area contributed by atoms with Gasteiger partial charge in [-0.15, -0.1) is 0 Å². The third-order valence-corrected chi connectivity index (χ3v) is 6.21. The zero-order chi connectivity index (χ0) is 21.3. The molecule has 1 fully saturated rings. The smallest absolute Gasteiger partial charge is 0.252 e. The second-order valence-corrected chi connectivity index (χ2v) is 8.41. The minimum absolute atomic E-state index is 0.0783. The number of halogens is 1. The number of amides is 1. The van der Waals surface area contributed by atoms with E-state index in [0.29, 0.717) is 26.2 Å². The highest BCUT2D eigenvalue weighted by atomic mass is 19.1. The van der Waals surface area contributed by atoms with E-state index < -0.39 is 11.6 Å². The lowest BCUT2D eigenvalue weighted by molar-refractivity contribution is -0.163. The van der Waals surface area contributed by atoms with Crippen LogP contribution >= 0.6 is 0 Å². The third kappa shape index (κ3) is 4.00. The third-order valence-electron chi connectivity index (χ3n) is 6.21. The first kappa shape index (κ1) is 21.0. The lowest BCUT2D eigenvalue weighted by Crippen LogP contribution is -2.60. The van der Waals surface area contributed by atoms with Crippen LogP contribution in [0.2, 0.25) is 0 Å². The molecule has 5 nitrogen and oxygen atoms in total. The highest BCUT2D eigenvalue weighted by Gasteiger charge is 2.44. The Bertz CT molecular complexity index is 900. The summed E-state index contributed by atoms with van der Waals surface area (Å²) in [4.78, 5) is 15.5. The van der Waals surface area contributed by atoms with Crippen molar-refractivity contribution in [3.8, 4) is 0 Å². The molecule has 2 aliphatic heterocycles. The first-order valence-corrected chi connectivity index (χ1v) is 10.6. The molecule has 2 N–H and O–H groups in total. The van der Waals surface area contributed by atoms with Crippen molar-refractivity contribution in [2.45, 2.75) is 50.5 Å². The number of benzene rings is 2. The van der Waals surface area contributed by atoms with Gasteiger partial charge in [-0.3, -0.25) is 4.79 Å². The summed E-state index contributed by atoms with van der Waals surface area (Å²) in [7, 11) is 0. The molecule has 0 aliphatic carbocycles. The van der Waals surface area contributed by atoms with Crippen LogP contribution in [0.1, 0.15) is 43.0 Å². The number of ether oxygens (including phenoxy) is 2. The summed E-state index contributed by atoms with van der Waals surface area (Å²) in [6, 6.07) is 14.2. The molecule has 1 saturated heterocycles. The standard InChI is InChI=1S/C24H29FN2O3/c1-3-29-21-15-30-20(14-24(21,2)26)23(28)27-13-12-16-6-4-5-7-19(16)22(27)17-8-10-18(25)11-9-17/h4-11,20-22H,3,12-15,26H2,1-2H3/t20-,21+,22+,24+/m1/s1. The Morgan fingerprint density at radius 1 is 1.27 bits per heavy atom. The van der Waals surface area contributed by atoms with Gasteiger partial charge in [-0.1, -0.05) is 36.4 Å². The molecule has 160 valence electrons. The fraction of sp³-hybridized carbons (Fsp3) is 0.458. The predicted molar refractivity (Wildman–Crippen MR) is 112 cm³/mol. The first-order valence-electron chi connectivity index (χ1n) is 10.6. The second-order valence-electron chi connectivity index (χ2n) is 8.41. The molecule has 4 atom stereocenters. The number of hydrogen-bond donors (Lipinski definition) is 1. The molecule has 6 heteroatoms. The summed E-state index contributed by atoms with van der Waals surface area (Å²) >= 11 is 0. The maximum atomic E-state index is 13.6. The minimum Gasteiger partial charge on any atom is -0.374 e. The van der Waals surface area contributed by atoms with Crippen molar-refractivity contribution in [1.29, 1.82) is 0 Å². The number of nitrogens with two attached hydrogens (primary N) is 1. The predicted octanol–water partition coefficient (Wildman–Crippen LogP) is 3.21. The summed E-state index contributed by atoms with van der Waals surface area (Å²) < 4.78 is 25.2. The van der Waals surface area contributed by atoms with Crippen molar-refractivity contribution < 1.29 is 18.7 Å². The molecule has 1 amide bonds. The van der Waals surface area contributed by atoms with Crippen molar-refractivity contribution in [2.75, 3.05) is 19.8 Å². The van der Waals surface area contributed by atoms with Gasteiger partial charge in [0, 0.05) is 25.1 Å². The summed E-state index contributed by atoms with van der Waals surface area (Å²) in [5, 5.41) is 0. The monoisotopic (exact) mass is 412 g/mol. The average Bonchev–Trinajstić information content (AvgIpc) is 2.74. The zero-order valence-corrected chi connectivity index (χ0v) is 17.5. The highest BCUT2D eigenvalue weighted by molar-refractivity contribution is 5.82. The fourth-order valence-electron chi connectivity index (χ4n) is 4.58. The maximum Gasteiger partial charge on any atom is 0.252 e. The number of rotatable bonds is 4. The van der Waals surface area contributed by atoms with Crippen molar-refractivity contribution in [3.63, 3.8) is 0 Å². The Labute approximate surface area is 177 Å². The number of carbonyl (C=O) groups is 1. The minimum atomic E-state index is -0.645. The Hall–Kier alpha value is -2.28. The van der Waals surface area contributed by atoms with E-state index in [2.05, 4.69) is 6.07 Å². The molecule has 0 unspecified atom stereocenters. The molecule has 2 aliphatic rings. The summed E-state index contributed by atoms with van der Waals surface area (Å²) in [5.74, 6) is -0.373. The molecule has 30 heavy (non-hydrogen) atoms. The number of hydrogen-bond acceptors (Lipinski definition) is 4. The van der Waals surface area contributed by atoms with E-state index in [4.69, 9.17) is 15.2 Å². The van der Waals surface area contributed by atoms with Crippen LogP contribution in [0.4, 0.5) is 4.39 Å². The highest BCUT2D eigenvalue weighted by Crippen LogP contribution is 2.37. The summed E-state index contributed by atoms with van der Waals surface area (Å²) in [6.07, 6.45) is 0.310. The summed E-state index contributed by atoms with van der Waals surface area (Å²) in [6.45, 7) is 5.26. The van der Waals surface area contributed by atoms with Gasteiger partial charge in [0.2, 0.25) is 0 Å². The van der Waals surface area contributed by atoms with E-state index in [9.17, 15) is 9.18 Å². The van der Waals surface area contributed by atoms with Gasteiger partial charge in [0.15, 0.2) is 0 Å². The molecule has 2 aromatic carbocycles. The molecule has 0 radical (unpaired) electrons. The Morgan fingerprint density at radius 3 is 2.70 bits per heavy atom. The van der Waals surface area contributed by atoms with Gasteiger partial charge in [-0.25, -0.2) is 4.39 Å². The van der Waals surface area contributed by atoms with Gasteiger partial charge in [0.05, 0.1) is 18.8 Å². The molecule has 0 bridgehead atoms. The van der Waals surface area contributed by atoms with Gasteiger partial charge < -0.3 is 20.1 Å². The van der Waals surface area contributed by atoms with Gasteiger partial charge >= 0.3 is 0 Å². The van der Waals surface area contributed by atoms with Crippen LogP contribution in [0.3, 0.4) is 0 Å². The topological polar surface area (TPSA) is 64.8 Å². The van der Waals surface area contributed by atoms with Crippen LogP contribution < -0.4 is 5.73 Å². The summed E-state index contributed by atoms with van der Waals surface area (Å²) in [5.41, 5.74) is 9.01. The number of fused-ring (bicyclic) bond motifs is 1. The normalized spacial score (nSPS) is 28.8. The SMILES string of the molecule is CCO[C@H]1CO[C@@H](C(=O)N2CCc3ccccc3[C@@H]2c2ccc(F)cc2)C[C@]1(C)N. The average molecular weight is 413 g/mol. The van der Waals surface area contributed by atoms with Crippen molar-refractivity contribution in [2.24, 2.45) is 5.73 Å². The molecular formula is C24H29FN2O3. The van der Waals surface area contributed by atoms with Gasteiger partial charge in [0.1, 0.15) is 11.9 Å². The zero-order valence-electron chi connectivity index (χ0n) is 17.5. The van der Waals surface area contributed by atoms with E-state index in [-0.39, 0.29) is 23.9 Å². The lowest BCUT2D eigenvalue weighted by atomic mass is 9.84. The van der Waals surface area contributed by atoms with Crippen molar-refractivity contribution in [1.82, 2.24) is 4.90 Å². The van der Waals surface area contributed by atoms with Crippen LogP contribution in [0.5, 0.6) is 0 Å². The van der Waals surface area contributed by atoms with E-state index in [1.54, 1.807) is 12.1 Å². The Morgan fingerprint density at radius 2 is 2.00 bits per heavy atom. The maximum absolute atomic E-state index is 13.6. The molecule has 0 spiro atoms. The van der Waals surface area contributed by atoms with Crippen LogP contribution in [-0.4, -0.2) is 48.3 Å². The van der Waals surface area contributed by atoms with E-state index in [1.807, 2.05) is 36.9 Å². The van der Waals surface area contributed by atoms with Crippen LogP contribution in [0.25, 0.3) is 0 Å². The lowest BCUT2D eigenvalue weighted by Gasteiger charge is -2.44. The number of nitrogens with zero attached hydrogens (tertiary/aromatic N) is 1. The molecule has 2 heterocycles. The number of carbonyl (C=O) groups excluding carboxylic acids is 1. The van der Waals surface area contributed by atoms with Gasteiger partial charge in [0.25, 0.3) is 5.91 Å². The molecule has 0 saturated carbocycles. The molecule has 0 aromatic heterocycles. The van der Waals surface area contributed by atoms with Crippen molar-refractivity contribution >= 4 is 5.91 Å². The fourth-order valence-corrected chi connectivity index (χ4v) is 4.58. The van der Waals surface area contributed by atoms with Gasteiger partial charge in [-0.2, -0.15) is 0 Å². The molecular weight excluding hydrogens is 383 g/mol. The quantitative estimate of drug-likeness (QED) is 0.838. The largest absolute Gasteiger partial charge is 0.374 e.